The first-order valence-electron chi connectivity index (χ1n) is 4.92. The summed E-state index contributed by atoms with van der Waals surface area (Å²) in [6, 6.07) is 1.71. The Morgan fingerprint density at radius 3 is 3.00 bits per heavy atom. The molecule has 0 unspecified atom stereocenters. The van der Waals surface area contributed by atoms with Crippen LogP contribution in [0.25, 0.3) is 21.8 Å². The number of aromatic nitrogens is 4. The number of hydrogen-bond donors (Lipinski definition) is 1. The van der Waals surface area contributed by atoms with Crippen LogP contribution in [0, 0.1) is 0 Å². The molecule has 0 aromatic carbocycles. The average Bonchev–Trinajstić information content (AvgIpc) is 2.73. The highest BCUT2D eigenvalue weighted by molar-refractivity contribution is 5.56. The van der Waals surface area contributed by atoms with Gasteiger partial charge in [0.1, 0.15) is 17.2 Å². The molecule has 0 aliphatic heterocycles. The van der Waals surface area contributed by atoms with Crippen molar-refractivity contribution in [1.82, 2.24) is 19.7 Å². The van der Waals surface area contributed by atoms with Crippen LogP contribution in [0.2, 0.25) is 0 Å². The number of hydrogen-bond acceptors (Lipinski definition) is 5. The molecular formula is C9H10N8. The monoisotopic (exact) mass is 230 g/mol. The second-order valence-electron chi connectivity index (χ2n) is 3.22. The highest BCUT2D eigenvalue weighted by Crippen LogP contribution is 2.16. The Morgan fingerprint density at radius 1 is 1.41 bits per heavy atom. The van der Waals surface area contributed by atoms with Gasteiger partial charge in [-0.3, -0.25) is 9.97 Å². The average molecular weight is 230 g/mol. The fourth-order valence-corrected chi connectivity index (χ4v) is 1.35. The van der Waals surface area contributed by atoms with Crippen LogP contribution < -0.4 is 5.73 Å². The van der Waals surface area contributed by atoms with Crippen LogP contribution >= 0.6 is 0 Å². The molecule has 0 aliphatic rings. The molecule has 8 heteroatoms. The fourth-order valence-electron chi connectivity index (χ4n) is 1.35. The van der Waals surface area contributed by atoms with Gasteiger partial charge in [0, 0.05) is 36.5 Å². The minimum atomic E-state index is 0.308. The Morgan fingerprint density at radius 2 is 2.29 bits per heavy atom. The highest BCUT2D eigenvalue weighted by atomic mass is 15.3. The normalized spacial score (nSPS) is 9.88. The molecule has 0 saturated heterocycles. The van der Waals surface area contributed by atoms with E-state index in [9.17, 15) is 0 Å². The number of nitrogen functional groups attached to an aromatic ring is 1. The Balaban J connectivity index is 2.21. The molecule has 0 amide bonds. The first-order chi connectivity index (χ1) is 8.31. The predicted molar refractivity (Wildman–Crippen MR) is 61.7 cm³/mol. The second-order valence-corrected chi connectivity index (χ2v) is 3.22. The smallest absolute Gasteiger partial charge is 0.122 e. The SMILES string of the molecule is [N-]=[N+]=NCCn1nc(-c2cnccn2)cc1N. The van der Waals surface area contributed by atoms with Crippen molar-refractivity contribution in [2.75, 3.05) is 12.3 Å². The lowest BCUT2D eigenvalue weighted by atomic mass is 10.3. The third kappa shape index (κ3) is 2.50. The van der Waals surface area contributed by atoms with E-state index in [1.165, 1.54) is 0 Å². The summed E-state index contributed by atoms with van der Waals surface area (Å²) in [4.78, 5) is 10.7. The molecule has 8 nitrogen and oxygen atoms in total. The van der Waals surface area contributed by atoms with Crippen molar-refractivity contribution in [1.29, 1.82) is 0 Å². The summed E-state index contributed by atoms with van der Waals surface area (Å²) < 4.78 is 1.57. The van der Waals surface area contributed by atoms with Gasteiger partial charge in [-0.05, 0) is 5.53 Å². The highest BCUT2D eigenvalue weighted by Gasteiger charge is 2.07. The fraction of sp³-hybridized carbons (Fsp3) is 0.222. The van der Waals surface area contributed by atoms with Crippen LogP contribution in [0.4, 0.5) is 5.82 Å². The maximum atomic E-state index is 8.18. The molecule has 2 rings (SSSR count). The van der Waals surface area contributed by atoms with Crippen molar-refractivity contribution in [3.05, 3.63) is 35.1 Å². The van der Waals surface area contributed by atoms with Crippen molar-refractivity contribution in [3.8, 4) is 11.4 Å². The van der Waals surface area contributed by atoms with Gasteiger partial charge in [0.05, 0.1) is 6.20 Å². The standard InChI is InChI=1S/C9H10N8/c10-9-5-7(8-6-12-1-2-13-8)15-17(9)4-3-14-16-11/h1-2,5-6H,3-4,10H2. The van der Waals surface area contributed by atoms with E-state index in [4.69, 9.17) is 11.3 Å². The lowest BCUT2D eigenvalue weighted by molar-refractivity contribution is 0.634. The molecule has 0 saturated carbocycles. The number of anilines is 1. The van der Waals surface area contributed by atoms with Gasteiger partial charge in [-0.2, -0.15) is 5.10 Å². The molecule has 2 aromatic heterocycles. The molecule has 0 aliphatic carbocycles. The topological polar surface area (TPSA) is 118 Å². The summed E-state index contributed by atoms with van der Waals surface area (Å²) in [5.41, 5.74) is 15.3. The van der Waals surface area contributed by atoms with Crippen molar-refractivity contribution in [2.45, 2.75) is 6.54 Å². The first-order valence-corrected chi connectivity index (χ1v) is 4.92. The second kappa shape index (κ2) is 4.95. The third-order valence-corrected chi connectivity index (χ3v) is 2.11. The van der Waals surface area contributed by atoms with Gasteiger partial charge >= 0.3 is 0 Å². The van der Waals surface area contributed by atoms with E-state index in [1.807, 2.05) is 0 Å². The molecule has 0 radical (unpaired) electrons. The first kappa shape index (κ1) is 10.9. The predicted octanol–water partition coefficient (Wildman–Crippen LogP) is 1.23. The van der Waals surface area contributed by atoms with E-state index in [-0.39, 0.29) is 0 Å². The molecular weight excluding hydrogens is 220 g/mol. The van der Waals surface area contributed by atoms with Crippen molar-refractivity contribution < 1.29 is 0 Å². The van der Waals surface area contributed by atoms with Crippen LogP contribution in [0.3, 0.4) is 0 Å². The van der Waals surface area contributed by atoms with E-state index in [2.05, 4.69) is 25.1 Å². The summed E-state index contributed by atoms with van der Waals surface area (Å²) in [6.45, 7) is 0.748. The number of nitrogens with zero attached hydrogens (tertiary/aromatic N) is 7. The zero-order chi connectivity index (χ0) is 12.1. The number of rotatable bonds is 4. The lowest BCUT2D eigenvalue weighted by Gasteiger charge is -1.99. The van der Waals surface area contributed by atoms with Gasteiger partial charge in [-0.25, -0.2) is 4.68 Å². The van der Waals surface area contributed by atoms with Crippen LogP contribution in [0.15, 0.2) is 29.8 Å². The Kier molecular flexibility index (Phi) is 3.18. The summed E-state index contributed by atoms with van der Waals surface area (Å²) in [7, 11) is 0. The lowest BCUT2D eigenvalue weighted by Crippen LogP contribution is -2.06. The van der Waals surface area contributed by atoms with E-state index in [0.717, 1.165) is 0 Å². The summed E-state index contributed by atoms with van der Waals surface area (Å²) in [6.07, 6.45) is 4.79. The van der Waals surface area contributed by atoms with Gasteiger partial charge < -0.3 is 5.73 Å². The molecule has 2 aromatic rings. The number of nitrogens with two attached hydrogens (primary N) is 1. The van der Waals surface area contributed by atoms with E-state index < -0.39 is 0 Å². The minimum Gasteiger partial charge on any atom is -0.384 e. The number of azide groups is 1. The van der Waals surface area contributed by atoms with Crippen LogP contribution in [0.5, 0.6) is 0 Å². The maximum Gasteiger partial charge on any atom is 0.122 e. The largest absolute Gasteiger partial charge is 0.384 e. The summed E-state index contributed by atoms with van der Waals surface area (Å²) >= 11 is 0. The summed E-state index contributed by atoms with van der Waals surface area (Å²) in [5.74, 6) is 0.499. The molecule has 0 bridgehead atoms. The minimum absolute atomic E-state index is 0.308. The molecule has 2 N–H and O–H groups in total. The molecule has 17 heavy (non-hydrogen) atoms. The van der Waals surface area contributed by atoms with Gasteiger partial charge in [0.2, 0.25) is 0 Å². The van der Waals surface area contributed by atoms with E-state index in [1.54, 1.807) is 29.3 Å². The van der Waals surface area contributed by atoms with Crippen LogP contribution in [0.1, 0.15) is 0 Å². The van der Waals surface area contributed by atoms with Gasteiger partial charge in [0.15, 0.2) is 0 Å². The quantitative estimate of drug-likeness (QED) is 0.482. The van der Waals surface area contributed by atoms with E-state index in [0.29, 0.717) is 30.3 Å². The maximum absolute atomic E-state index is 8.18. The van der Waals surface area contributed by atoms with Gasteiger partial charge in [-0.1, -0.05) is 5.11 Å². The molecule has 0 spiro atoms. The zero-order valence-electron chi connectivity index (χ0n) is 8.93. The Bertz CT molecular complexity index is 539. The summed E-state index contributed by atoms with van der Waals surface area (Å²) in [5, 5.41) is 7.68. The van der Waals surface area contributed by atoms with Crippen molar-refractivity contribution in [2.24, 2.45) is 5.11 Å². The van der Waals surface area contributed by atoms with Gasteiger partial charge in [-0.15, -0.1) is 0 Å². The third-order valence-electron chi connectivity index (χ3n) is 2.11. The molecule has 86 valence electrons. The van der Waals surface area contributed by atoms with Crippen molar-refractivity contribution in [3.63, 3.8) is 0 Å². The molecule has 0 atom stereocenters. The molecule has 2 heterocycles. The Hall–Kier alpha value is -2.60. The Labute approximate surface area is 96.7 Å². The van der Waals surface area contributed by atoms with Crippen LogP contribution in [-0.2, 0) is 6.54 Å². The molecule has 0 fully saturated rings. The van der Waals surface area contributed by atoms with Gasteiger partial charge in [0.25, 0.3) is 0 Å². The zero-order valence-corrected chi connectivity index (χ0v) is 8.93. The van der Waals surface area contributed by atoms with Crippen LogP contribution in [-0.4, -0.2) is 26.3 Å². The van der Waals surface area contributed by atoms with Crippen molar-refractivity contribution >= 4 is 5.82 Å². The van der Waals surface area contributed by atoms with E-state index >= 15 is 0 Å².